The highest BCUT2D eigenvalue weighted by atomic mass is 35.5. The molecule has 2 saturated heterocycles. The second-order valence-corrected chi connectivity index (χ2v) is 6.97. The van der Waals surface area contributed by atoms with Gasteiger partial charge in [0.15, 0.2) is 0 Å². The fraction of sp³-hybridized carbons (Fsp3) is 0.350. The van der Waals surface area contributed by atoms with Gasteiger partial charge in [0.05, 0.1) is 6.04 Å². The summed E-state index contributed by atoms with van der Waals surface area (Å²) < 4.78 is 0. The Kier molecular flexibility index (Phi) is 4.19. The van der Waals surface area contributed by atoms with Gasteiger partial charge in [-0.1, -0.05) is 36.4 Å². The van der Waals surface area contributed by atoms with Crippen LogP contribution in [-0.2, 0) is 4.79 Å². The lowest BCUT2D eigenvalue weighted by Gasteiger charge is -2.46. The number of alkyl halides is 1. The van der Waals surface area contributed by atoms with Crippen molar-refractivity contribution in [2.75, 3.05) is 22.9 Å². The van der Waals surface area contributed by atoms with Gasteiger partial charge < -0.3 is 9.80 Å². The molecule has 2 aromatic carbocycles. The number of piperidine rings is 1. The average molecular weight is 341 g/mol. The second-order valence-electron chi connectivity index (χ2n) is 6.50. The Labute approximate surface area is 147 Å². The van der Waals surface area contributed by atoms with Crippen LogP contribution in [0.25, 0.3) is 0 Å². The molecule has 2 atom stereocenters. The summed E-state index contributed by atoms with van der Waals surface area (Å²) in [6.45, 7) is 2.16. The highest BCUT2D eigenvalue weighted by Gasteiger charge is 2.48. The highest BCUT2D eigenvalue weighted by molar-refractivity contribution is 6.37. The van der Waals surface area contributed by atoms with E-state index in [-0.39, 0.29) is 11.9 Å². The quantitative estimate of drug-likeness (QED) is 0.611. The smallest absolute Gasteiger partial charge is 0.248 e. The molecular formula is C20H21ClN2O. The molecular weight excluding hydrogens is 320 g/mol. The van der Waals surface area contributed by atoms with Gasteiger partial charge in [0.2, 0.25) is 5.91 Å². The predicted molar refractivity (Wildman–Crippen MR) is 98.8 cm³/mol. The van der Waals surface area contributed by atoms with Gasteiger partial charge in [-0.2, -0.15) is 0 Å². The zero-order valence-electron chi connectivity index (χ0n) is 13.6. The SMILES string of the molecule is O=C1[C@H](Cl)[C@@H](c2ccccc2N2CCCCC2)N1c1ccccc1. The average Bonchev–Trinajstić information content (AvgIpc) is 2.66. The minimum Gasteiger partial charge on any atom is -0.371 e. The van der Waals surface area contributed by atoms with Crippen LogP contribution >= 0.6 is 11.6 Å². The number of halogens is 1. The summed E-state index contributed by atoms with van der Waals surface area (Å²) in [6, 6.07) is 18.1. The Morgan fingerprint density at radius 3 is 2.29 bits per heavy atom. The topological polar surface area (TPSA) is 23.6 Å². The summed E-state index contributed by atoms with van der Waals surface area (Å²) in [6.07, 6.45) is 3.75. The number of para-hydroxylation sites is 2. The molecule has 0 bridgehead atoms. The first-order valence-electron chi connectivity index (χ1n) is 8.63. The summed E-state index contributed by atoms with van der Waals surface area (Å²) in [5, 5.41) is -0.490. The molecule has 0 radical (unpaired) electrons. The maximum atomic E-state index is 12.4. The number of carbonyl (C=O) groups is 1. The number of benzene rings is 2. The first-order valence-corrected chi connectivity index (χ1v) is 9.07. The molecule has 0 N–H and O–H groups in total. The monoisotopic (exact) mass is 340 g/mol. The molecule has 4 rings (SSSR count). The third-order valence-corrected chi connectivity index (χ3v) is 5.44. The number of anilines is 2. The van der Waals surface area contributed by atoms with E-state index in [9.17, 15) is 4.79 Å². The van der Waals surface area contributed by atoms with E-state index in [0.29, 0.717) is 0 Å². The lowest BCUT2D eigenvalue weighted by Crippen LogP contribution is -2.57. The van der Waals surface area contributed by atoms with Crippen LogP contribution in [0.5, 0.6) is 0 Å². The molecule has 4 heteroatoms. The van der Waals surface area contributed by atoms with Crippen LogP contribution in [0.1, 0.15) is 30.9 Å². The first kappa shape index (κ1) is 15.5. The zero-order chi connectivity index (χ0) is 16.5. The molecule has 0 aliphatic carbocycles. The van der Waals surface area contributed by atoms with Crippen LogP contribution < -0.4 is 9.80 Å². The van der Waals surface area contributed by atoms with Gasteiger partial charge in [0.25, 0.3) is 0 Å². The van der Waals surface area contributed by atoms with Gasteiger partial charge in [0, 0.05) is 30.0 Å². The maximum Gasteiger partial charge on any atom is 0.248 e. The third-order valence-electron chi connectivity index (χ3n) is 5.02. The zero-order valence-corrected chi connectivity index (χ0v) is 14.3. The van der Waals surface area contributed by atoms with Crippen molar-refractivity contribution in [3.63, 3.8) is 0 Å². The first-order chi connectivity index (χ1) is 11.8. The number of carbonyl (C=O) groups excluding carboxylic acids is 1. The molecule has 0 saturated carbocycles. The summed E-state index contributed by atoms with van der Waals surface area (Å²) >= 11 is 6.45. The Hall–Kier alpha value is -2.00. The van der Waals surface area contributed by atoms with Gasteiger partial charge >= 0.3 is 0 Å². The molecule has 24 heavy (non-hydrogen) atoms. The Balaban J connectivity index is 1.71. The van der Waals surface area contributed by atoms with E-state index in [4.69, 9.17) is 11.6 Å². The molecule has 1 amide bonds. The highest BCUT2D eigenvalue weighted by Crippen LogP contribution is 2.45. The summed E-state index contributed by atoms with van der Waals surface area (Å²) in [5.41, 5.74) is 3.29. The normalized spacial score (nSPS) is 24.0. The number of nitrogens with zero attached hydrogens (tertiary/aromatic N) is 2. The number of β-lactam (4-membered cyclic amide) rings is 1. The van der Waals surface area contributed by atoms with Crippen molar-refractivity contribution in [1.29, 1.82) is 0 Å². The van der Waals surface area contributed by atoms with Gasteiger partial charge in [-0.3, -0.25) is 4.79 Å². The Morgan fingerprint density at radius 1 is 0.875 bits per heavy atom. The van der Waals surface area contributed by atoms with Crippen molar-refractivity contribution >= 4 is 28.9 Å². The largest absolute Gasteiger partial charge is 0.371 e. The van der Waals surface area contributed by atoms with Crippen molar-refractivity contribution in [3.05, 3.63) is 60.2 Å². The van der Waals surface area contributed by atoms with Crippen LogP contribution in [0.3, 0.4) is 0 Å². The minimum absolute atomic E-state index is 0.0127. The molecule has 3 nitrogen and oxygen atoms in total. The van der Waals surface area contributed by atoms with E-state index in [1.165, 1.54) is 24.9 Å². The lowest BCUT2D eigenvalue weighted by atomic mass is 9.90. The number of rotatable bonds is 3. The molecule has 2 aromatic rings. The van der Waals surface area contributed by atoms with E-state index >= 15 is 0 Å². The number of amides is 1. The summed E-state index contributed by atoms with van der Waals surface area (Å²) in [7, 11) is 0. The van der Waals surface area contributed by atoms with Gasteiger partial charge in [-0.05, 0) is 37.5 Å². The van der Waals surface area contributed by atoms with Crippen LogP contribution in [0.4, 0.5) is 11.4 Å². The van der Waals surface area contributed by atoms with E-state index in [1.54, 1.807) is 0 Å². The molecule has 0 unspecified atom stereocenters. The molecule has 2 aliphatic heterocycles. The summed E-state index contributed by atoms with van der Waals surface area (Å²) in [5.74, 6) is -0.0127. The molecule has 2 fully saturated rings. The van der Waals surface area contributed by atoms with E-state index in [1.807, 2.05) is 41.3 Å². The van der Waals surface area contributed by atoms with Crippen LogP contribution in [0.15, 0.2) is 54.6 Å². The van der Waals surface area contributed by atoms with Gasteiger partial charge in [-0.15, -0.1) is 11.6 Å². The molecule has 0 aromatic heterocycles. The van der Waals surface area contributed by atoms with Crippen LogP contribution in [0.2, 0.25) is 0 Å². The van der Waals surface area contributed by atoms with Crippen LogP contribution in [-0.4, -0.2) is 24.4 Å². The van der Waals surface area contributed by atoms with Crippen LogP contribution in [0, 0.1) is 0 Å². The molecule has 2 heterocycles. The van der Waals surface area contributed by atoms with E-state index < -0.39 is 5.38 Å². The Bertz CT molecular complexity index is 727. The Morgan fingerprint density at radius 2 is 1.54 bits per heavy atom. The van der Waals surface area contributed by atoms with Gasteiger partial charge in [-0.25, -0.2) is 0 Å². The molecule has 124 valence electrons. The van der Waals surface area contributed by atoms with Crippen molar-refractivity contribution in [3.8, 4) is 0 Å². The van der Waals surface area contributed by atoms with E-state index in [0.717, 1.165) is 24.3 Å². The molecule has 0 spiro atoms. The minimum atomic E-state index is -0.490. The van der Waals surface area contributed by atoms with E-state index in [2.05, 4.69) is 23.1 Å². The van der Waals surface area contributed by atoms with Crippen molar-refractivity contribution < 1.29 is 4.79 Å². The number of hydrogen-bond donors (Lipinski definition) is 0. The summed E-state index contributed by atoms with van der Waals surface area (Å²) in [4.78, 5) is 16.7. The lowest BCUT2D eigenvalue weighted by molar-refractivity contribution is -0.123. The standard InChI is InChI=1S/C20H21ClN2O/c21-18-19(23(20(18)24)15-9-3-1-4-10-15)16-11-5-6-12-17(16)22-13-7-2-8-14-22/h1,3-6,9-12,18-19H,2,7-8,13-14H2/t18-,19-/m1/s1. The predicted octanol–water partition coefficient (Wildman–Crippen LogP) is 4.37. The maximum absolute atomic E-state index is 12.4. The fourth-order valence-corrected chi connectivity index (χ4v) is 4.14. The van der Waals surface area contributed by atoms with Crippen molar-refractivity contribution in [2.24, 2.45) is 0 Å². The third kappa shape index (κ3) is 2.57. The van der Waals surface area contributed by atoms with Crippen molar-refractivity contribution in [1.82, 2.24) is 0 Å². The van der Waals surface area contributed by atoms with Gasteiger partial charge in [0.1, 0.15) is 5.38 Å². The number of hydrogen-bond acceptors (Lipinski definition) is 2. The fourth-order valence-electron chi connectivity index (χ4n) is 3.79. The molecule has 2 aliphatic rings. The van der Waals surface area contributed by atoms with Crippen molar-refractivity contribution in [2.45, 2.75) is 30.7 Å². The second kappa shape index (κ2) is 6.48.